The Labute approximate surface area is 203 Å². The van der Waals surface area contributed by atoms with Crippen molar-refractivity contribution in [3.05, 3.63) is 67.1 Å². The number of methoxy groups -OCH3 is 1. The van der Waals surface area contributed by atoms with E-state index in [0.717, 1.165) is 59.3 Å². The molecule has 2 heterocycles. The van der Waals surface area contributed by atoms with E-state index in [1.165, 1.54) is 13.4 Å². The first kappa shape index (κ1) is 22.9. The minimum absolute atomic E-state index is 0.204. The summed E-state index contributed by atoms with van der Waals surface area (Å²) in [7, 11) is 1.40. The number of rotatable bonds is 6. The van der Waals surface area contributed by atoms with Crippen molar-refractivity contribution in [2.45, 2.75) is 43.7 Å². The highest BCUT2D eigenvalue weighted by Crippen LogP contribution is 2.41. The van der Waals surface area contributed by atoms with Crippen LogP contribution in [0.2, 0.25) is 0 Å². The molecule has 4 N–H and O–H groups in total. The van der Waals surface area contributed by atoms with E-state index in [4.69, 9.17) is 20.9 Å². The number of fused-ring (bicyclic) bond motifs is 1. The fraction of sp³-hybridized carbons (Fsp3) is 0.296. The molecular weight excluding hydrogens is 442 g/mol. The van der Waals surface area contributed by atoms with E-state index in [-0.39, 0.29) is 18.4 Å². The molecule has 35 heavy (non-hydrogen) atoms. The predicted octanol–water partition coefficient (Wildman–Crippen LogP) is 4.85. The second-order valence-electron chi connectivity index (χ2n) is 9.19. The number of nitrogen functional groups attached to an aromatic ring is 1. The Hall–Kier alpha value is -3.91. The van der Waals surface area contributed by atoms with Gasteiger partial charge in [0.2, 0.25) is 0 Å². The zero-order valence-corrected chi connectivity index (χ0v) is 19.7. The summed E-state index contributed by atoms with van der Waals surface area (Å²) in [4.78, 5) is 20.6. The Balaban J connectivity index is 1.42. The van der Waals surface area contributed by atoms with Gasteiger partial charge < -0.3 is 25.5 Å². The van der Waals surface area contributed by atoms with Gasteiger partial charge in [-0.25, -0.2) is 9.97 Å². The van der Waals surface area contributed by atoms with Crippen LogP contribution >= 0.6 is 0 Å². The highest BCUT2D eigenvalue weighted by molar-refractivity contribution is 6.00. The highest BCUT2D eigenvalue weighted by Gasteiger charge is 2.35. The van der Waals surface area contributed by atoms with Gasteiger partial charge in [-0.15, -0.1) is 0 Å². The molecule has 0 atom stereocenters. The first-order chi connectivity index (χ1) is 17.0. The lowest BCUT2D eigenvalue weighted by Crippen LogP contribution is -2.45. The minimum atomic E-state index is -0.530. The van der Waals surface area contributed by atoms with Crippen molar-refractivity contribution in [3.63, 3.8) is 0 Å². The number of nitrogens with two attached hydrogens (primary N) is 2. The molecule has 0 unspecified atom stereocenters. The Morgan fingerprint density at radius 2 is 1.74 bits per heavy atom. The number of para-hydroxylation sites is 1. The van der Waals surface area contributed by atoms with Gasteiger partial charge in [-0.2, -0.15) is 0 Å². The van der Waals surface area contributed by atoms with Crippen LogP contribution in [0.1, 0.15) is 38.1 Å². The molecule has 0 bridgehead atoms. The zero-order valence-electron chi connectivity index (χ0n) is 19.7. The molecule has 1 fully saturated rings. The highest BCUT2D eigenvalue weighted by atomic mass is 16.5. The van der Waals surface area contributed by atoms with Crippen LogP contribution in [0.25, 0.3) is 22.2 Å². The largest absolute Gasteiger partial charge is 0.469 e. The quantitative estimate of drug-likeness (QED) is 0.386. The van der Waals surface area contributed by atoms with Crippen LogP contribution < -0.4 is 16.2 Å². The van der Waals surface area contributed by atoms with Crippen molar-refractivity contribution in [2.24, 2.45) is 5.73 Å². The van der Waals surface area contributed by atoms with Crippen LogP contribution in [0.3, 0.4) is 0 Å². The number of nitrogens with zero attached hydrogens (tertiary/aromatic N) is 3. The predicted molar refractivity (Wildman–Crippen MR) is 135 cm³/mol. The molecule has 0 spiro atoms. The smallest absolute Gasteiger partial charge is 0.307 e. The first-order valence-corrected chi connectivity index (χ1v) is 11.8. The maximum atomic E-state index is 11.8. The van der Waals surface area contributed by atoms with E-state index in [9.17, 15) is 4.79 Å². The monoisotopic (exact) mass is 471 g/mol. The third-order valence-corrected chi connectivity index (χ3v) is 6.85. The molecule has 1 aliphatic carbocycles. The van der Waals surface area contributed by atoms with Gasteiger partial charge in [0.25, 0.3) is 0 Å². The lowest BCUT2D eigenvalue weighted by molar-refractivity contribution is -0.142. The van der Waals surface area contributed by atoms with Gasteiger partial charge in [-0.1, -0.05) is 30.3 Å². The zero-order chi connectivity index (χ0) is 24.4. The van der Waals surface area contributed by atoms with Crippen LogP contribution in [0.4, 0.5) is 5.82 Å². The Kier molecular flexibility index (Phi) is 6.13. The molecule has 0 radical (unpaired) electrons. The van der Waals surface area contributed by atoms with Gasteiger partial charge in [0.15, 0.2) is 0 Å². The molecule has 2 aromatic carbocycles. The summed E-state index contributed by atoms with van der Waals surface area (Å²) in [5, 5.41) is 0.836. The normalized spacial score (nSPS) is 20.0. The summed E-state index contributed by atoms with van der Waals surface area (Å²) in [6.07, 6.45) is 6.98. The van der Waals surface area contributed by atoms with Gasteiger partial charge in [0.1, 0.15) is 29.3 Å². The Morgan fingerprint density at radius 3 is 2.43 bits per heavy atom. The molecule has 180 valence electrons. The molecule has 0 amide bonds. The van der Waals surface area contributed by atoms with Crippen molar-refractivity contribution < 1.29 is 14.3 Å². The average molecular weight is 472 g/mol. The van der Waals surface area contributed by atoms with E-state index in [0.29, 0.717) is 5.82 Å². The van der Waals surface area contributed by atoms with E-state index < -0.39 is 5.54 Å². The molecule has 8 nitrogen and oxygen atoms in total. The molecule has 5 rings (SSSR count). The molecule has 8 heteroatoms. The number of hydrogen-bond donors (Lipinski definition) is 2. The number of benzene rings is 2. The van der Waals surface area contributed by atoms with Crippen LogP contribution in [-0.4, -0.2) is 33.2 Å². The Bertz CT molecular complexity index is 1330. The van der Waals surface area contributed by atoms with Gasteiger partial charge in [-0.3, -0.25) is 4.79 Å². The van der Waals surface area contributed by atoms with Gasteiger partial charge >= 0.3 is 5.97 Å². The number of carbonyl (C=O) groups is 1. The van der Waals surface area contributed by atoms with Crippen molar-refractivity contribution in [3.8, 4) is 22.6 Å². The van der Waals surface area contributed by atoms with E-state index in [1.54, 1.807) is 0 Å². The van der Waals surface area contributed by atoms with Crippen LogP contribution in [0.15, 0.2) is 67.1 Å². The van der Waals surface area contributed by atoms with Crippen LogP contribution in [-0.2, 0) is 9.53 Å². The summed E-state index contributed by atoms with van der Waals surface area (Å²) >= 11 is 0. The third-order valence-electron chi connectivity index (χ3n) is 6.85. The average Bonchev–Trinajstić information content (AvgIpc) is 3.26. The van der Waals surface area contributed by atoms with E-state index >= 15 is 0 Å². The number of esters is 1. The standard InChI is InChI=1S/C27H29N5O3/c1-34-23(33)15-27(29)13-11-19(12-14-27)32-16-22(24-25(28)30-17-31-26(24)32)18-7-9-21(10-8-18)35-20-5-3-2-4-6-20/h2-10,16-17,19H,11-15,29H2,1H3,(H2,28,30,31). The summed E-state index contributed by atoms with van der Waals surface area (Å²) < 4.78 is 13.0. The lowest BCUT2D eigenvalue weighted by atomic mass is 9.78. The summed E-state index contributed by atoms with van der Waals surface area (Å²) in [5.74, 6) is 1.72. The summed E-state index contributed by atoms with van der Waals surface area (Å²) in [5.41, 5.74) is 15.1. The van der Waals surface area contributed by atoms with Gasteiger partial charge in [0, 0.05) is 23.3 Å². The SMILES string of the molecule is COC(=O)CC1(N)CCC(n2cc(-c3ccc(Oc4ccccc4)cc3)c3c(N)ncnc32)CC1. The second kappa shape index (κ2) is 9.38. The van der Waals surface area contributed by atoms with Crippen molar-refractivity contribution in [2.75, 3.05) is 12.8 Å². The number of hydrogen-bond acceptors (Lipinski definition) is 7. The lowest BCUT2D eigenvalue weighted by Gasteiger charge is -2.37. The number of anilines is 1. The minimum Gasteiger partial charge on any atom is -0.469 e. The summed E-state index contributed by atoms with van der Waals surface area (Å²) in [6.45, 7) is 0. The molecule has 1 saturated carbocycles. The summed E-state index contributed by atoms with van der Waals surface area (Å²) in [6, 6.07) is 17.8. The van der Waals surface area contributed by atoms with E-state index in [1.807, 2.05) is 54.6 Å². The van der Waals surface area contributed by atoms with E-state index in [2.05, 4.69) is 20.7 Å². The first-order valence-electron chi connectivity index (χ1n) is 11.8. The molecular formula is C27H29N5O3. The maximum absolute atomic E-state index is 11.8. The molecule has 0 saturated heterocycles. The van der Waals surface area contributed by atoms with Gasteiger partial charge in [0.05, 0.1) is 18.9 Å². The van der Waals surface area contributed by atoms with Crippen LogP contribution in [0, 0.1) is 0 Å². The topological polar surface area (TPSA) is 118 Å². The third kappa shape index (κ3) is 4.70. The maximum Gasteiger partial charge on any atom is 0.307 e. The molecule has 1 aliphatic rings. The van der Waals surface area contributed by atoms with Crippen molar-refractivity contribution in [1.29, 1.82) is 0 Å². The van der Waals surface area contributed by atoms with Crippen LogP contribution in [0.5, 0.6) is 11.5 Å². The fourth-order valence-corrected chi connectivity index (χ4v) is 4.92. The second-order valence-corrected chi connectivity index (χ2v) is 9.19. The molecule has 4 aromatic rings. The molecule has 2 aromatic heterocycles. The fourth-order valence-electron chi connectivity index (χ4n) is 4.92. The van der Waals surface area contributed by atoms with Gasteiger partial charge in [-0.05, 0) is 55.5 Å². The number of ether oxygens (including phenoxy) is 2. The number of aromatic nitrogens is 3. The number of carbonyl (C=O) groups excluding carboxylic acids is 1. The Morgan fingerprint density at radius 1 is 1.06 bits per heavy atom. The van der Waals surface area contributed by atoms with Crippen molar-refractivity contribution >= 4 is 22.8 Å². The van der Waals surface area contributed by atoms with Crippen molar-refractivity contribution in [1.82, 2.24) is 14.5 Å². The molecule has 0 aliphatic heterocycles.